The van der Waals surface area contributed by atoms with Crippen LogP contribution in [-0.4, -0.2) is 61.1 Å². The molecule has 0 radical (unpaired) electrons. The van der Waals surface area contributed by atoms with E-state index in [1.54, 1.807) is 25.3 Å². The van der Waals surface area contributed by atoms with Gasteiger partial charge in [0.15, 0.2) is 29.3 Å². The second-order valence-electron chi connectivity index (χ2n) is 8.76. The van der Waals surface area contributed by atoms with E-state index in [1.807, 2.05) is 24.3 Å². The number of halogens is 1. The van der Waals surface area contributed by atoms with Crippen molar-refractivity contribution >= 4 is 34.6 Å². The fourth-order valence-electron chi connectivity index (χ4n) is 4.38. The van der Waals surface area contributed by atoms with Crippen LogP contribution in [-0.2, 0) is 22.7 Å². The molecule has 1 saturated heterocycles. The number of aliphatic hydroxyl groups is 1. The number of aliphatic carboxylic acids is 1. The highest BCUT2D eigenvalue weighted by atomic mass is 35.5. The standard InChI is InChI=1S/C25H23ClN8O6/c1-38-16-4-2-3-13(7-16)10-39-17-6-5-15(26)8-14(17)9-28-22-19-23(30-11-29-22)34(12-31-19)24-20(35)18(32-33-27)21(40-24)25(36)37/h2-8,11-12,18,20-21,24,35H,9-10H2,1H3,(H,36,37)(H,28,29,30). The largest absolute Gasteiger partial charge is 0.497 e. The molecule has 1 aliphatic rings. The van der Waals surface area contributed by atoms with E-state index in [0.717, 1.165) is 16.9 Å². The maximum atomic E-state index is 11.6. The van der Waals surface area contributed by atoms with E-state index in [-0.39, 0.29) is 12.2 Å². The third-order valence-electron chi connectivity index (χ3n) is 6.30. The number of nitrogens with one attached hydrogen (secondary N) is 1. The molecule has 1 fully saturated rings. The Morgan fingerprint density at radius 1 is 1.27 bits per heavy atom. The number of aromatic nitrogens is 4. The average Bonchev–Trinajstić information content (AvgIpc) is 3.53. The van der Waals surface area contributed by atoms with Crippen LogP contribution in [0.5, 0.6) is 11.5 Å². The maximum Gasteiger partial charge on any atom is 0.333 e. The first-order chi connectivity index (χ1) is 19.4. The molecule has 0 spiro atoms. The van der Waals surface area contributed by atoms with Crippen LogP contribution in [0.4, 0.5) is 5.82 Å². The van der Waals surface area contributed by atoms with Gasteiger partial charge >= 0.3 is 5.97 Å². The predicted octanol–water partition coefficient (Wildman–Crippen LogP) is 3.70. The van der Waals surface area contributed by atoms with Gasteiger partial charge in [-0.1, -0.05) is 28.8 Å². The molecule has 0 aliphatic carbocycles. The van der Waals surface area contributed by atoms with Gasteiger partial charge in [-0.05, 0) is 41.4 Å². The van der Waals surface area contributed by atoms with E-state index in [2.05, 4.69) is 30.3 Å². The van der Waals surface area contributed by atoms with Crippen LogP contribution in [0, 0.1) is 0 Å². The summed E-state index contributed by atoms with van der Waals surface area (Å²) in [4.78, 5) is 27.1. The molecule has 4 aromatic rings. The van der Waals surface area contributed by atoms with Crippen LogP contribution in [0.2, 0.25) is 5.02 Å². The van der Waals surface area contributed by atoms with Gasteiger partial charge in [0, 0.05) is 22.0 Å². The van der Waals surface area contributed by atoms with Gasteiger partial charge in [0.25, 0.3) is 0 Å². The van der Waals surface area contributed by atoms with Crippen molar-refractivity contribution in [3.05, 3.63) is 81.7 Å². The molecule has 5 rings (SSSR count). The number of methoxy groups -OCH3 is 1. The lowest BCUT2D eigenvalue weighted by atomic mass is 10.1. The number of carboxylic acids is 1. The Morgan fingerprint density at radius 2 is 2.12 bits per heavy atom. The lowest BCUT2D eigenvalue weighted by Crippen LogP contribution is -2.34. The number of anilines is 1. The molecule has 2 aromatic heterocycles. The van der Waals surface area contributed by atoms with Gasteiger partial charge in [-0.2, -0.15) is 0 Å². The number of imidazole rings is 1. The van der Waals surface area contributed by atoms with Gasteiger partial charge in [-0.3, -0.25) is 4.57 Å². The first-order valence-corrected chi connectivity index (χ1v) is 12.3. The summed E-state index contributed by atoms with van der Waals surface area (Å²) >= 11 is 6.26. The number of benzene rings is 2. The molecular formula is C25H23ClN8O6. The number of carbonyl (C=O) groups is 1. The summed E-state index contributed by atoms with van der Waals surface area (Å²) in [5, 5.41) is 27.3. The zero-order chi connectivity index (χ0) is 28.2. The van der Waals surface area contributed by atoms with Gasteiger partial charge < -0.3 is 29.7 Å². The Labute approximate surface area is 231 Å². The molecular weight excluding hydrogens is 544 g/mol. The smallest absolute Gasteiger partial charge is 0.333 e. The van der Waals surface area contributed by atoms with E-state index in [1.165, 1.54) is 17.2 Å². The van der Waals surface area contributed by atoms with Crippen molar-refractivity contribution in [2.24, 2.45) is 5.11 Å². The van der Waals surface area contributed by atoms with Crippen LogP contribution < -0.4 is 14.8 Å². The summed E-state index contributed by atoms with van der Waals surface area (Å²) in [6.45, 7) is 0.585. The third-order valence-corrected chi connectivity index (χ3v) is 6.53. The second-order valence-corrected chi connectivity index (χ2v) is 9.20. The average molecular weight is 567 g/mol. The highest BCUT2D eigenvalue weighted by Gasteiger charge is 2.48. The molecule has 3 heterocycles. The number of nitrogens with zero attached hydrogens (tertiary/aromatic N) is 7. The van der Waals surface area contributed by atoms with Crippen LogP contribution in [0.15, 0.2) is 60.2 Å². The van der Waals surface area contributed by atoms with Gasteiger partial charge in [-0.15, -0.1) is 0 Å². The Morgan fingerprint density at radius 3 is 2.90 bits per heavy atom. The van der Waals surface area contributed by atoms with Crippen LogP contribution in [0.3, 0.4) is 0 Å². The van der Waals surface area contributed by atoms with E-state index in [9.17, 15) is 15.0 Å². The van der Waals surface area contributed by atoms with Gasteiger partial charge in [0.05, 0.1) is 13.4 Å². The molecule has 206 valence electrons. The fraction of sp³-hybridized carbons (Fsp3) is 0.280. The second kappa shape index (κ2) is 11.6. The highest BCUT2D eigenvalue weighted by molar-refractivity contribution is 6.30. The summed E-state index contributed by atoms with van der Waals surface area (Å²) in [6.07, 6.45) is -1.55. The maximum absolute atomic E-state index is 11.6. The zero-order valence-corrected chi connectivity index (χ0v) is 21.7. The topological polar surface area (TPSA) is 190 Å². The van der Waals surface area contributed by atoms with Crippen molar-refractivity contribution < 1.29 is 29.2 Å². The van der Waals surface area contributed by atoms with Crippen molar-refractivity contribution in [1.82, 2.24) is 19.5 Å². The van der Waals surface area contributed by atoms with E-state index in [0.29, 0.717) is 28.7 Å². The number of hydrogen-bond donors (Lipinski definition) is 3. The first kappa shape index (κ1) is 27.0. The highest BCUT2D eigenvalue weighted by Crippen LogP contribution is 2.34. The number of hydrogen-bond acceptors (Lipinski definition) is 10. The minimum Gasteiger partial charge on any atom is -0.497 e. The van der Waals surface area contributed by atoms with Crippen LogP contribution >= 0.6 is 11.6 Å². The summed E-state index contributed by atoms with van der Waals surface area (Å²) < 4.78 is 18.2. The number of ether oxygens (including phenoxy) is 3. The number of fused-ring (bicyclic) bond motifs is 1. The lowest BCUT2D eigenvalue weighted by molar-refractivity contribution is -0.152. The number of rotatable bonds is 10. The Hall–Kier alpha value is -4.62. The van der Waals surface area contributed by atoms with Crippen molar-refractivity contribution in [2.45, 2.75) is 37.6 Å². The summed E-state index contributed by atoms with van der Waals surface area (Å²) in [6, 6.07) is 11.5. The minimum absolute atomic E-state index is 0.271. The van der Waals surface area contributed by atoms with Crippen molar-refractivity contribution in [3.8, 4) is 11.5 Å². The monoisotopic (exact) mass is 566 g/mol. The Kier molecular flexibility index (Phi) is 7.84. The molecule has 14 nitrogen and oxygen atoms in total. The molecule has 0 bridgehead atoms. The molecule has 4 atom stereocenters. The van der Waals surface area contributed by atoms with E-state index < -0.39 is 30.4 Å². The molecule has 1 aliphatic heterocycles. The number of aliphatic hydroxyl groups excluding tert-OH is 1. The van der Waals surface area contributed by atoms with Gasteiger partial charge in [-0.25, -0.2) is 19.7 Å². The summed E-state index contributed by atoms with van der Waals surface area (Å²) in [5.74, 6) is 0.345. The van der Waals surface area contributed by atoms with Crippen molar-refractivity contribution in [1.29, 1.82) is 0 Å². The first-order valence-electron chi connectivity index (χ1n) is 12.0. The molecule has 3 N–H and O–H groups in total. The van der Waals surface area contributed by atoms with Crippen molar-refractivity contribution in [3.63, 3.8) is 0 Å². The van der Waals surface area contributed by atoms with Gasteiger partial charge in [0.1, 0.15) is 36.6 Å². The van der Waals surface area contributed by atoms with E-state index in [4.69, 9.17) is 31.3 Å². The Bertz CT molecular complexity index is 1590. The molecule has 0 saturated carbocycles. The SMILES string of the molecule is COc1cccc(COc2ccc(Cl)cc2CNc2ncnc3c2ncn3C2OC(C(=O)O)C(N=[N+]=[N-])C2O)c1. The normalized spacial score (nSPS) is 20.2. The minimum atomic E-state index is -1.54. The molecule has 15 heteroatoms. The molecule has 4 unspecified atom stereocenters. The molecule has 2 aromatic carbocycles. The fourth-order valence-corrected chi connectivity index (χ4v) is 4.57. The van der Waals surface area contributed by atoms with Gasteiger partial charge in [0.2, 0.25) is 0 Å². The molecule has 40 heavy (non-hydrogen) atoms. The number of carboxylic acid groups (broad SMARTS) is 1. The van der Waals surface area contributed by atoms with Crippen LogP contribution in [0.1, 0.15) is 17.4 Å². The molecule has 0 amide bonds. The lowest BCUT2D eigenvalue weighted by Gasteiger charge is -2.17. The quantitative estimate of drug-likeness (QED) is 0.145. The predicted molar refractivity (Wildman–Crippen MR) is 142 cm³/mol. The summed E-state index contributed by atoms with van der Waals surface area (Å²) in [7, 11) is 1.60. The zero-order valence-electron chi connectivity index (χ0n) is 21.0. The van der Waals surface area contributed by atoms with E-state index >= 15 is 0 Å². The number of azide groups is 1. The van der Waals surface area contributed by atoms with Crippen molar-refractivity contribution in [2.75, 3.05) is 12.4 Å². The van der Waals surface area contributed by atoms with Crippen LogP contribution in [0.25, 0.3) is 21.6 Å². The Balaban J connectivity index is 1.36. The summed E-state index contributed by atoms with van der Waals surface area (Å²) in [5.41, 5.74) is 11.1. The third kappa shape index (κ3) is 5.42.